The second-order valence-electron chi connectivity index (χ2n) is 4.65. The van der Waals surface area contributed by atoms with Crippen LogP contribution in [-0.4, -0.2) is 52.2 Å². The minimum Gasteiger partial charge on any atom is -0.379 e. The summed E-state index contributed by atoms with van der Waals surface area (Å²) >= 11 is 0. The van der Waals surface area contributed by atoms with E-state index >= 15 is 0 Å². The van der Waals surface area contributed by atoms with E-state index in [1.54, 1.807) is 0 Å². The lowest BCUT2D eigenvalue weighted by Gasteiger charge is -2.12. The van der Waals surface area contributed by atoms with Crippen LogP contribution in [0.25, 0.3) is 0 Å². The summed E-state index contributed by atoms with van der Waals surface area (Å²) in [6, 6.07) is 0.167. The summed E-state index contributed by atoms with van der Waals surface area (Å²) in [6.45, 7) is 9.11. The van der Waals surface area contributed by atoms with E-state index in [2.05, 4.69) is 25.1 Å². The van der Waals surface area contributed by atoms with Crippen molar-refractivity contribution in [3.63, 3.8) is 0 Å². The zero-order valence-electron chi connectivity index (χ0n) is 13.2. The van der Waals surface area contributed by atoms with Crippen LogP contribution < -0.4 is 5.32 Å². The summed E-state index contributed by atoms with van der Waals surface area (Å²) in [4.78, 5) is 0. The van der Waals surface area contributed by atoms with Crippen LogP contribution in [0, 0.1) is 12.3 Å². The molecule has 1 atom stereocenters. The molecule has 0 aliphatic heterocycles. The lowest BCUT2D eigenvalue weighted by molar-refractivity contribution is 0.0145. The molecule has 0 saturated carbocycles. The maximum atomic E-state index is 5.45. The number of hydrogen-bond acceptors (Lipinski definition) is 4. The summed E-state index contributed by atoms with van der Waals surface area (Å²) in [7, 11) is 0. The third kappa shape index (κ3) is 13.8. The number of ether oxygens (including phenoxy) is 3. The van der Waals surface area contributed by atoms with Crippen molar-refractivity contribution in [3.8, 4) is 12.3 Å². The molecule has 1 unspecified atom stereocenters. The Hall–Kier alpha value is -0.600. The average Bonchev–Trinajstić information content (AvgIpc) is 2.47. The highest BCUT2D eigenvalue weighted by atomic mass is 16.5. The number of terminal acetylenes is 1. The van der Waals surface area contributed by atoms with E-state index in [1.165, 1.54) is 6.42 Å². The smallest absolute Gasteiger partial charge is 0.0701 e. The van der Waals surface area contributed by atoms with Gasteiger partial charge in [0.25, 0.3) is 0 Å². The molecule has 0 fully saturated rings. The molecule has 0 aliphatic carbocycles. The van der Waals surface area contributed by atoms with Gasteiger partial charge in [0.15, 0.2) is 0 Å². The Balaban J connectivity index is 3.11. The largest absolute Gasteiger partial charge is 0.379 e. The number of hydrogen-bond donors (Lipinski definition) is 1. The fraction of sp³-hybridized carbons (Fsp3) is 0.875. The SMILES string of the molecule is C#CC(CCC)NCCOCCOCCOCCCC. The molecule has 0 radical (unpaired) electrons. The highest BCUT2D eigenvalue weighted by molar-refractivity contribution is 4.98. The lowest BCUT2D eigenvalue weighted by Crippen LogP contribution is -2.30. The van der Waals surface area contributed by atoms with Gasteiger partial charge in [-0.1, -0.05) is 32.6 Å². The summed E-state index contributed by atoms with van der Waals surface area (Å²) in [5, 5.41) is 3.28. The van der Waals surface area contributed by atoms with Gasteiger partial charge in [-0.25, -0.2) is 0 Å². The van der Waals surface area contributed by atoms with E-state index in [0.29, 0.717) is 33.0 Å². The fourth-order valence-corrected chi connectivity index (χ4v) is 1.63. The average molecular weight is 285 g/mol. The molecule has 0 amide bonds. The van der Waals surface area contributed by atoms with Gasteiger partial charge in [-0.3, -0.25) is 0 Å². The molecule has 1 N–H and O–H groups in total. The topological polar surface area (TPSA) is 39.7 Å². The standard InChI is InChI=1S/C16H31NO3/c1-4-7-10-18-12-14-20-15-13-19-11-9-17-16(6-3)8-5-2/h3,16-17H,4-5,7-15H2,1-2H3. The minimum absolute atomic E-state index is 0.167. The molecule has 0 aromatic carbocycles. The molecule has 0 rings (SSSR count). The molecule has 0 aliphatic rings. The van der Waals surface area contributed by atoms with Gasteiger partial charge >= 0.3 is 0 Å². The first-order valence-corrected chi connectivity index (χ1v) is 7.77. The molecule has 0 bridgehead atoms. The third-order valence-electron chi connectivity index (χ3n) is 2.80. The first kappa shape index (κ1) is 19.4. The van der Waals surface area contributed by atoms with Crippen LogP contribution in [0.15, 0.2) is 0 Å². The van der Waals surface area contributed by atoms with Crippen LogP contribution >= 0.6 is 0 Å². The zero-order chi connectivity index (χ0) is 14.9. The molecule has 0 aromatic heterocycles. The van der Waals surface area contributed by atoms with Gasteiger partial charge in [0.1, 0.15) is 0 Å². The van der Waals surface area contributed by atoms with Crippen molar-refractivity contribution >= 4 is 0 Å². The summed E-state index contributed by atoms with van der Waals surface area (Å²) in [5.41, 5.74) is 0. The van der Waals surface area contributed by atoms with Gasteiger partial charge in [0.2, 0.25) is 0 Å². The summed E-state index contributed by atoms with van der Waals surface area (Å²) in [5.74, 6) is 2.74. The minimum atomic E-state index is 0.167. The first-order valence-electron chi connectivity index (χ1n) is 7.77. The van der Waals surface area contributed by atoms with Crippen molar-refractivity contribution in [3.05, 3.63) is 0 Å². The van der Waals surface area contributed by atoms with Crippen molar-refractivity contribution in [2.75, 3.05) is 46.2 Å². The molecule has 20 heavy (non-hydrogen) atoms. The third-order valence-corrected chi connectivity index (χ3v) is 2.80. The van der Waals surface area contributed by atoms with E-state index in [1.807, 2.05) is 0 Å². The maximum absolute atomic E-state index is 5.45. The predicted octanol–water partition coefficient (Wildman–Crippen LogP) is 2.23. The van der Waals surface area contributed by atoms with Gasteiger partial charge in [0.05, 0.1) is 39.1 Å². The Kier molecular flexibility index (Phi) is 16.0. The molecular weight excluding hydrogens is 254 g/mol. The maximum Gasteiger partial charge on any atom is 0.0701 e. The normalized spacial score (nSPS) is 12.2. The summed E-state index contributed by atoms with van der Waals surface area (Å²) in [6.07, 6.45) is 9.80. The van der Waals surface area contributed by atoms with Crippen LogP contribution in [0.1, 0.15) is 39.5 Å². The van der Waals surface area contributed by atoms with Crippen molar-refractivity contribution < 1.29 is 14.2 Å². The van der Waals surface area contributed by atoms with E-state index < -0.39 is 0 Å². The van der Waals surface area contributed by atoms with Gasteiger partial charge < -0.3 is 19.5 Å². The van der Waals surface area contributed by atoms with Crippen LogP contribution in [0.2, 0.25) is 0 Å². The first-order chi connectivity index (χ1) is 9.85. The number of rotatable bonds is 15. The Morgan fingerprint density at radius 1 is 0.900 bits per heavy atom. The Labute approximate surface area is 124 Å². The van der Waals surface area contributed by atoms with Crippen LogP contribution in [0.5, 0.6) is 0 Å². The zero-order valence-corrected chi connectivity index (χ0v) is 13.2. The molecule has 0 heterocycles. The van der Waals surface area contributed by atoms with Crippen molar-refractivity contribution in [2.45, 2.75) is 45.6 Å². The van der Waals surface area contributed by atoms with Crippen molar-refractivity contribution in [1.82, 2.24) is 5.32 Å². The highest BCUT2D eigenvalue weighted by Gasteiger charge is 2.01. The second kappa shape index (κ2) is 16.5. The van der Waals surface area contributed by atoms with E-state index in [4.69, 9.17) is 20.6 Å². The van der Waals surface area contributed by atoms with Crippen LogP contribution in [0.3, 0.4) is 0 Å². The highest BCUT2D eigenvalue weighted by Crippen LogP contribution is 1.93. The molecule has 0 spiro atoms. The Bertz CT molecular complexity index is 228. The number of nitrogens with one attached hydrogen (secondary N) is 1. The molecular formula is C16H31NO3. The van der Waals surface area contributed by atoms with Crippen LogP contribution in [-0.2, 0) is 14.2 Å². The number of unbranched alkanes of at least 4 members (excludes halogenated alkanes) is 1. The Morgan fingerprint density at radius 3 is 2.05 bits per heavy atom. The molecule has 0 saturated heterocycles. The quantitative estimate of drug-likeness (QED) is 0.370. The monoisotopic (exact) mass is 285 g/mol. The van der Waals surface area contributed by atoms with Gasteiger partial charge in [0, 0.05) is 13.2 Å². The fourth-order valence-electron chi connectivity index (χ4n) is 1.63. The Morgan fingerprint density at radius 2 is 1.50 bits per heavy atom. The van der Waals surface area contributed by atoms with E-state index in [0.717, 1.165) is 32.4 Å². The van der Waals surface area contributed by atoms with Gasteiger partial charge in [-0.15, -0.1) is 6.42 Å². The van der Waals surface area contributed by atoms with Crippen LogP contribution in [0.4, 0.5) is 0 Å². The molecule has 0 aromatic rings. The van der Waals surface area contributed by atoms with Crippen molar-refractivity contribution in [2.24, 2.45) is 0 Å². The lowest BCUT2D eigenvalue weighted by atomic mass is 10.2. The van der Waals surface area contributed by atoms with Gasteiger partial charge in [-0.05, 0) is 12.8 Å². The van der Waals surface area contributed by atoms with E-state index in [9.17, 15) is 0 Å². The molecule has 4 nitrogen and oxygen atoms in total. The predicted molar refractivity (Wildman–Crippen MR) is 82.9 cm³/mol. The molecule has 118 valence electrons. The second-order valence-corrected chi connectivity index (χ2v) is 4.65. The van der Waals surface area contributed by atoms with E-state index in [-0.39, 0.29) is 6.04 Å². The van der Waals surface area contributed by atoms with Gasteiger partial charge in [-0.2, -0.15) is 0 Å². The molecule has 4 heteroatoms. The van der Waals surface area contributed by atoms with Crippen molar-refractivity contribution in [1.29, 1.82) is 0 Å². The summed E-state index contributed by atoms with van der Waals surface area (Å²) < 4.78 is 16.2.